The van der Waals surface area contributed by atoms with Crippen molar-refractivity contribution in [1.82, 2.24) is 4.72 Å². The van der Waals surface area contributed by atoms with Gasteiger partial charge in [-0.05, 0) is 37.5 Å². The average Bonchev–Trinajstić information content (AvgIpc) is 2.37. The molecule has 1 aromatic carbocycles. The zero-order valence-corrected chi connectivity index (χ0v) is 12.4. The standard InChI is InChI=1S/C13H19NO5S/c1-8-4-5-11(13(16)17)6-12(8)20(18,19)14-10(3)9(2)7-15/h4-6,9-10,14-15H,7H2,1-3H3,(H,16,17). The second-order valence-electron chi connectivity index (χ2n) is 4.86. The minimum Gasteiger partial charge on any atom is -0.478 e. The lowest BCUT2D eigenvalue weighted by Crippen LogP contribution is -2.38. The molecule has 2 unspecified atom stereocenters. The first-order chi connectivity index (χ1) is 9.19. The Bertz CT molecular complexity index is 597. The van der Waals surface area contributed by atoms with E-state index in [9.17, 15) is 13.2 Å². The molecule has 20 heavy (non-hydrogen) atoms. The van der Waals surface area contributed by atoms with E-state index in [4.69, 9.17) is 10.2 Å². The Labute approximate surface area is 118 Å². The summed E-state index contributed by atoms with van der Waals surface area (Å²) in [7, 11) is -3.83. The first kappa shape index (κ1) is 16.6. The second kappa shape index (κ2) is 6.34. The smallest absolute Gasteiger partial charge is 0.335 e. The minimum atomic E-state index is -3.83. The Balaban J connectivity index is 3.15. The van der Waals surface area contributed by atoms with Crippen molar-refractivity contribution in [2.24, 2.45) is 5.92 Å². The molecule has 0 bridgehead atoms. The number of carboxylic acid groups (broad SMARTS) is 1. The Hall–Kier alpha value is -1.44. The van der Waals surface area contributed by atoms with E-state index < -0.39 is 22.0 Å². The highest BCUT2D eigenvalue weighted by atomic mass is 32.2. The van der Waals surface area contributed by atoms with Gasteiger partial charge in [0.1, 0.15) is 0 Å². The number of aliphatic hydroxyl groups excluding tert-OH is 1. The van der Waals surface area contributed by atoms with Gasteiger partial charge in [-0.25, -0.2) is 17.9 Å². The van der Waals surface area contributed by atoms with Crippen molar-refractivity contribution in [2.75, 3.05) is 6.61 Å². The Morgan fingerprint density at radius 3 is 2.45 bits per heavy atom. The quantitative estimate of drug-likeness (QED) is 0.727. The van der Waals surface area contributed by atoms with Crippen LogP contribution in [0.4, 0.5) is 0 Å². The molecule has 0 spiro atoms. The minimum absolute atomic E-state index is 0.0608. The number of sulfonamides is 1. The van der Waals surface area contributed by atoms with E-state index in [0.717, 1.165) is 6.07 Å². The van der Waals surface area contributed by atoms with Crippen molar-refractivity contribution >= 4 is 16.0 Å². The maximum absolute atomic E-state index is 12.3. The number of aromatic carboxylic acids is 1. The highest BCUT2D eigenvalue weighted by Gasteiger charge is 2.23. The lowest BCUT2D eigenvalue weighted by molar-refractivity contribution is 0.0696. The lowest BCUT2D eigenvalue weighted by Gasteiger charge is -2.20. The average molecular weight is 301 g/mol. The zero-order chi connectivity index (χ0) is 15.5. The number of aryl methyl sites for hydroxylation is 1. The number of nitrogens with one attached hydrogen (secondary N) is 1. The molecule has 6 nitrogen and oxygen atoms in total. The molecule has 7 heteroatoms. The molecule has 0 saturated carbocycles. The number of hydrogen-bond donors (Lipinski definition) is 3. The van der Waals surface area contributed by atoms with Gasteiger partial charge in [0.25, 0.3) is 0 Å². The predicted octanol–water partition coefficient (Wildman–Crippen LogP) is 0.988. The van der Waals surface area contributed by atoms with Crippen LogP contribution in [-0.4, -0.2) is 37.2 Å². The number of carboxylic acids is 1. The number of carbonyl (C=O) groups is 1. The van der Waals surface area contributed by atoms with Gasteiger partial charge in [0.15, 0.2) is 0 Å². The van der Waals surface area contributed by atoms with E-state index in [1.165, 1.54) is 12.1 Å². The van der Waals surface area contributed by atoms with Crippen LogP contribution < -0.4 is 4.72 Å². The highest BCUT2D eigenvalue weighted by molar-refractivity contribution is 7.89. The molecule has 0 fully saturated rings. The largest absolute Gasteiger partial charge is 0.478 e. The maximum Gasteiger partial charge on any atom is 0.335 e. The third-order valence-corrected chi connectivity index (χ3v) is 4.91. The molecule has 0 heterocycles. The van der Waals surface area contributed by atoms with Crippen LogP contribution in [0.1, 0.15) is 29.8 Å². The molecule has 0 radical (unpaired) electrons. The van der Waals surface area contributed by atoms with Gasteiger partial charge < -0.3 is 10.2 Å². The van der Waals surface area contributed by atoms with Crippen LogP contribution in [-0.2, 0) is 10.0 Å². The van der Waals surface area contributed by atoms with Crippen LogP contribution in [0.2, 0.25) is 0 Å². The van der Waals surface area contributed by atoms with E-state index in [-0.39, 0.29) is 23.0 Å². The molecule has 0 aliphatic heterocycles. The molecular weight excluding hydrogens is 282 g/mol. The summed E-state index contributed by atoms with van der Waals surface area (Å²) in [5, 5.41) is 18.0. The summed E-state index contributed by atoms with van der Waals surface area (Å²) in [4.78, 5) is 10.9. The molecule has 3 N–H and O–H groups in total. The molecule has 2 atom stereocenters. The summed E-state index contributed by atoms with van der Waals surface area (Å²) < 4.78 is 27.0. The summed E-state index contributed by atoms with van der Waals surface area (Å²) >= 11 is 0. The first-order valence-electron chi connectivity index (χ1n) is 6.16. The van der Waals surface area contributed by atoms with E-state index >= 15 is 0 Å². The van der Waals surface area contributed by atoms with Crippen molar-refractivity contribution in [3.05, 3.63) is 29.3 Å². The molecule has 1 rings (SSSR count). The van der Waals surface area contributed by atoms with Crippen LogP contribution in [0, 0.1) is 12.8 Å². The maximum atomic E-state index is 12.3. The van der Waals surface area contributed by atoms with Gasteiger partial charge in [-0.2, -0.15) is 0 Å². The van der Waals surface area contributed by atoms with Gasteiger partial charge in [0.05, 0.1) is 10.5 Å². The molecule has 0 amide bonds. The van der Waals surface area contributed by atoms with E-state index in [1.807, 2.05) is 0 Å². The predicted molar refractivity (Wildman–Crippen MR) is 74.2 cm³/mol. The Morgan fingerprint density at radius 1 is 1.35 bits per heavy atom. The van der Waals surface area contributed by atoms with Gasteiger partial charge >= 0.3 is 5.97 Å². The first-order valence-corrected chi connectivity index (χ1v) is 7.64. The summed E-state index contributed by atoms with van der Waals surface area (Å²) in [5.74, 6) is -1.43. The fourth-order valence-electron chi connectivity index (χ4n) is 1.61. The fourth-order valence-corrected chi connectivity index (χ4v) is 3.23. The van der Waals surface area contributed by atoms with Crippen LogP contribution in [0.25, 0.3) is 0 Å². The molecule has 0 aromatic heterocycles. The summed E-state index contributed by atoms with van der Waals surface area (Å²) in [5.41, 5.74) is 0.380. The van der Waals surface area contributed by atoms with Gasteiger partial charge in [0.2, 0.25) is 10.0 Å². The van der Waals surface area contributed by atoms with Crippen molar-refractivity contribution < 1.29 is 23.4 Å². The van der Waals surface area contributed by atoms with Gasteiger partial charge in [-0.3, -0.25) is 0 Å². The number of aliphatic hydroxyl groups is 1. The fraction of sp³-hybridized carbons (Fsp3) is 0.462. The second-order valence-corrected chi connectivity index (χ2v) is 6.54. The van der Waals surface area contributed by atoms with Gasteiger partial charge in [0, 0.05) is 12.6 Å². The van der Waals surface area contributed by atoms with Gasteiger partial charge in [-0.1, -0.05) is 13.0 Å². The summed E-state index contributed by atoms with van der Waals surface area (Å²) in [6, 6.07) is 3.49. The van der Waals surface area contributed by atoms with E-state index in [2.05, 4.69) is 4.72 Å². The number of hydrogen-bond acceptors (Lipinski definition) is 4. The van der Waals surface area contributed by atoms with Crippen molar-refractivity contribution in [3.8, 4) is 0 Å². The third-order valence-electron chi connectivity index (χ3n) is 3.21. The molecule has 112 valence electrons. The summed E-state index contributed by atoms with van der Waals surface area (Å²) in [6.07, 6.45) is 0. The molecule has 0 aliphatic rings. The lowest BCUT2D eigenvalue weighted by atomic mass is 10.1. The van der Waals surface area contributed by atoms with Crippen LogP contribution in [0.5, 0.6) is 0 Å². The monoisotopic (exact) mass is 301 g/mol. The van der Waals surface area contributed by atoms with Crippen LogP contribution in [0.15, 0.2) is 23.1 Å². The molecule has 0 aliphatic carbocycles. The van der Waals surface area contributed by atoms with Crippen LogP contribution in [0.3, 0.4) is 0 Å². The SMILES string of the molecule is Cc1ccc(C(=O)O)cc1S(=O)(=O)NC(C)C(C)CO. The topological polar surface area (TPSA) is 104 Å². The Kier molecular flexibility index (Phi) is 5.27. The van der Waals surface area contributed by atoms with E-state index in [1.54, 1.807) is 20.8 Å². The normalized spacial score (nSPS) is 14.8. The van der Waals surface area contributed by atoms with Gasteiger partial charge in [-0.15, -0.1) is 0 Å². The number of rotatable bonds is 6. The third kappa shape index (κ3) is 3.78. The Morgan fingerprint density at radius 2 is 1.95 bits per heavy atom. The van der Waals surface area contributed by atoms with Crippen molar-refractivity contribution in [1.29, 1.82) is 0 Å². The van der Waals surface area contributed by atoms with Crippen molar-refractivity contribution in [3.63, 3.8) is 0 Å². The molecule has 1 aromatic rings. The zero-order valence-electron chi connectivity index (χ0n) is 11.6. The van der Waals surface area contributed by atoms with Crippen molar-refractivity contribution in [2.45, 2.75) is 31.7 Å². The number of benzene rings is 1. The van der Waals surface area contributed by atoms with E-state index in [0.29, 0.717) is 5.56 Å². The summed E-state index contributed by atoms with van der Waals surface area (Å²) in [6.45, 7) is 4.82. The van der Waals surface area contributed by atoms with Crippen LogP contribution >= 0.6 is 0 Å². The molecule has 0 saturated heterocycles. The molecular formula is C13H19NO5S. The highest BCUT2D eigenvalue weighted by Crippen LogP contribution is 2.18.